The Morgan fingerprint density at radius 2 is 1.75 bits per heavy atom. The quantitative estimate of drug-likeness (QED) is 0.679. The van der Waals surface area contributed by atoms with Gasteiger partial charge in [-0.25, -0.2) is 9.18 Å². The van der Waals surface area contributed by atoms with Gasteiger partial charge in [0, 0.05) is 12.5 Å². The molecule has 1 aliphatic heterocycles. The van der Waals surface area contributed by atoms with Crippen LogP contribution in [0.5, 0.6) is 0 Å². The summed E-state index contributed by atoms with van der Waals surface area (Å²) in [5.74, 6) is -0.731. The molecule has 90 valence electrons. The summed E-state index contributed by atoms with van der Waals surface area (Å²) in [6.45, 7) is 7.20. The second kappa shape index (κ2) is 2.57. The average Bonchev–Trinajstić information content (AvgIpc) is 2.19. The van der Waals surface area contributed by atoms with E-state index in [9.17, 15) is 14.0 Å². The van der Waals surface area contributed by atoms with Crippen molar-refractivity contribution in [3.63, 3.8) is 0 Å². The van der Waals surface area contributed by atoms with Crippen LogP contribution in [0.1, 0.15) is 27.7 Å². The monoisotopic (exact) mass is 228 g/mol. The van der Waals surface area contributed by atoms with Crippen molar-refractivity contribution in [2.24, 2.45) is 10.8 Å². The van der Waals surface area contributed by atoms with Crippen LogP contribution in [-0.4, -0.2) is 35.6 Å². The fourth-order valence-electron chi connectivity index (χ4n) is 2.84. The lowest BCUT2D eigenvalue weighted by Crippen LogP contribution is -2.86. The summed E-state index contributed by atoms with van der Waals surface area (Å²) in [6, 6.07) is -1.25. The number of halogens is 1. The van der Waals surface area contributed by atoms with Crippen LogP contribution in [0.3, 0.4) is 0 Å². The van der Waals surface area contributed by atoms with Gasteiger partial charge in [-0.2, -0.15) is 0 Å². The number of amides is 3. The largest absolute Gasteiger partial charge is 0.331 e. The molecule has 1 saturated heterocycles. The second-order valence-corrected chi connectivity index (χ2v) is 5.81. The van der Waals surface area contributed by atoms with Gasteiger partial charge in [0.15, 0.2) is 0 Å². The molecule has 1 aliphatic carbocycles. The smallest absolute Gasteiger partial charge is 0.324 e. The van der Waals surface area contributed by atoms with E-state index in [1.54, 1.807) is 13.8 Å². The maximum atomic E-state index is 14.8. The van der Waals surface area contributed by atoms with Crippen molar-refractivity contribution < 1.29 is 14.0 Å². The summed E-state index contributed by atoms with van der Waals surface area (Å²) >= 11 is 0. The van der Waals surface area contributed by atoms with Gasteiger partial charge in [-0.05, 0) is 5.41 Å². The minimum absolute atomic E-state index is 0.436. The van der Waals surface area contributed by atoms with Crippen LogP contribution >= 0.6 is 0 Å². The fraction of sp³-hybridized carbons (Fsp3) is 0.818. The first-order valence-corrected chi connectivity index (χ1v) is 5.36. The first-order chi connectivity index (χ1) is 7.08. The molecular weight excluding hydrogens is 211 g/mol. The van der Waals surface area contributed by atoms with Crippen LogP contribution in [0, 0.1) is 10.8 Å². The SMILES string of the molecule is CN1C(=O)NC2C(C)(C)C(C)(C)C2(F)C1=O. The molecule has 16 heavy (non-hydrogen) atoms. The summed E-state index contributed by atoms with van der Waals surface area (Å²) in [5, 5.41) is 2.57. The molecule has 3 amide bonds. The minimum atomic E-state index is -1.99. The number of urea groups is 1. The van der Waals surface area contributed by atoms with Crippen LogP contribution in [0.25, 0.3) is 0 Å². The third-order valence-electron chi connectivity index (χ3n) is 4.83. The van der Waals surface area contributed by atoms with E-state index >= 15 is 0 Å². The Labute approximate surface area is 94.2 Å². The molecular formula is C11H17FN2O2. The zero-order valence-corrected chi connectivity index (χ0v) is 10.2. The summed E-state index contributed by atoms with van der Waals surface area (Å²) in [5.41, 5.74) is -3.21. The van der Waals surface area contributed by atoms with Crippen LogP contribution in [-0.2, 0) is 4.79 Å². The highest BCUT2D eigenvalue weighted by Gasteiger charge is 2.79. The highest BCUT2D eigenvalue weighted by Crippen LogP contribution is 2.65. The van der Waals surface area contributed by atoms with Crippen molar-refractivity contribution in [3.05, 3.63) is 0 Å². The van der Waals surface area contributed by atoms with Crippen LogP contribution in [0.4, 0.5) is 9.18 Å². The molecule has 1 heterocycles. The molecule has 0 aromatic rings. The number of alkyl halides is 1. The summed E-state index contributed by atoms with van der Waals surface area (Å²) in [4.78, 5) is 24.2. The van der Waals surface area contributed by atoms with E-state index in [0.717, 1.165) is 4.90 Å². The van der Waals surface area contributed by atoms with Gasteiger partial charge in [-0.1, -0.05) is 27.7 Å². The molecule has 5 heteroatoms. The van der Waals surface area contributed by atoms with E-state index in [-0.39, 0.29) is 0 Å². The van der Waals surface area contributed by atoms with Gasteiger partial charge in [0.25, 0.3) is 5.91 Å². The van der Waals surface area contributed by atoms with E-state index in [1.165, 1.54) is 7.05 Å². The molecule has 2 aliphatic rings. The molecule has 0 spiro atoms. The third-order valence-corrected chi connectivity index (χ3v) is 4.83. The van der Waals surface area contributed by atoms with Gasteiger partial charge >= 0.3 is 6.03 Å². The van der Waals surface area contributed by atoms with E-state index in [0.29, 0.717) is 0 Å². The summed E-state index contributed by atoms with van der Waals surface area (Å²) in [6.07, 6.45) is 0. The number of carbonyl (C=O) groups is 2. The standard InChI is InChI=1S/C11H17FN2O2/c1-9(2)6-11(12,10(9,3)4)7(15)14(5)8(16)13-6/h6H,1-5H3,(H,13,16). The maximum Gasteiger partial charge on any atom is 0.324 e. The number of fused-ring (bicyclic) bond motifs is 1. The molecule has 0 aromatic carbocycles. The molecule has 2 atom stereocenters. The maximum absolute atomic E-state index is 14.8. The number of nitrogens with zero attached hydrogens (tertiary/aromatic N) is 1. The summed E-state index contributed by atoms with van der Waals surface area (Å²) in [7, 11) is 1.30. The Morgan fingerprint density at radius 3 is 2.25 bits per heavy atom. The molecule has 2 unspecified atom stereocenters. The van der Waals surface area contributed by atoms with Crippen LogP contribution in [0.15, 0.2) is 0 Å². The molecule has 1 saturated carbocycles. The molecule has 0 bridgehead atoms. The van der Waals surface area contributed by atoms with Crippen molar-refractivity contribution in [1.82, 2.24) is 10.2 Å². The zero-order chi connectivity index (χ0) is 12.5. The van der Waals surface area contributed by atoms with Crippen LogP contribution < -0.4 is 5.32 Å². The van der Waals surface area contributed by atoms with E-state index < -0.39 is 34.5 Å². The highest BCUT2D eigenvalue weighted by molar-refractivity contribution is 6.04. The van der Waals surface area contributed by atoms with Gasteiger partial charge in [0.1, 0.15) is 0 Å². The van der Waals surface area contributed by atoms with Gasteiger partial charge in [-0.15, -0.1) is 0 Å². The van der Waals surface area contributed by atoms with E-state index in [4.69, 9.17) is 0 Å². The fourth-order valence-corrected chi connectivity index (χ4v) is 2.84. The number of hydrogen-bond donors (Lipinski definition) is 1. The lowest BCUT2D eigenvalue weighted by molar-refractivity contribution is -0.229. The number of nitrogens with one attached hydrogen (secondary N) is 1. The first kappa shape index (κ1) is 11.4. The Bertz CT molecular complexity index is 391. The molecule has 2 fully saturated rings. The number of rotatable bonds is 0. The molecule has 2 rings (SSSR count). The van der Waals surface area contributed by atoms with Crippen molar-refractivity contribution in [1.29, 1.82) is 0 Å². The molecule has 0 aromatic heterocycles. The lowest BCUT2D eigenvalue weighted by Gasteiger charge is -2.68. The Balaban J connectivity index is 2.50. The predicted molar refractivity (Wildman–Crippen MR) is 56.5 cm³/mol. The van der Waals surface area contributed by atoms with Gasteiger partial charge < -0.3 is 5.32 Å². The first-order valence-electron chi connectivity index (χ1n) is 5.36. The van der Waals surface area contributed by atoms with Crippen molar-refractivity contribution >= 4 is 11.9 Å². The zero-order valence-electron chi connectivity index (χ0n) is 10.2. The van der Waals surface area contributed by atoms with E-state index in [2.05, 4.69) is 5.32 Å². The van der Waals surface area contributed by atoms with Crippen LogP contribution in [0.2, 0.25) is 0 Å². The van der Waals surface area contributed by atoms with Gasteiger partial charge in [0.2, 0.25) is 5.67 Å². The van der Waals surface area contributed by atoms with Gasteiger partial charge in [-0.3, -0.25) is 9.69 Å². The normalized spacial score (nSPS) is 39.9. The molecule has 4 nitrogen and oxygen atoms in total. The number of carbonyl (C=O) groups excluding carboxylic acids is 2. The number of hydrogen-bond acceptors (Lipinski definition) is 2. The average molecular weight is 228 g/mol. The Morgan fingerprint density at radius 1 is 1.25 bits per heavy atom. The van der Waals surface area contributed by atoms with E-state index in [1.807, 2.05) is 13.8 Å². The minimum Gasteiger partial charge on any atom is -0.331 e. The number of imide groups is 1. The second-order valence-electron chi connectivity index (χ2n) is 5.81. The van der Waals surface area contributed by atoms with Crippen molar-refractivity contribution in [3.8, 4) is 0 Å². The van der Waals surface area contributed by atoms with Gasteiger partial charge in [0.05, 0.1) is 6.04 Å². The lowest BCUT2D eigenvalue weighted by atomic mass is 9.41. The summed E-state index contributed by atoms with van der Waals surface area (Å²) < 4.78 is 14.8. The van der Waals surface area contributed by atoms with Crippen molar-refractivity contribution in [2.45, 2.75) is 39.4 Å². The highest BCUT2D eigenvalue weighted by atomic mass is 19.1. The predicted octanol–water partition coefficient (Wildman–Crippen LogP) is 1.31. The molecule has 0 radical (unpaired) electrons. The third kappa shape index (κ3) is 0.825. The topological polar surface area (TPSA) is 49.4 Å². The molecule has 1 N–H and O–H groups in total. The van der Waals surface area contributed by atoms with Crippen molar-refractivity contribution in [2.75, 3.05) is 7.05 Å². The Hall–Kier alpha value is -1.13. The Kier molecular flexibility index (Phi) is 1.83.